The van der Waals surface area contributed by atoms with Crippen LogP contribution in [0.2, 0.25) is 0 Å². The lowest BCUT2D eigenvalue weighted by Gasteiger charge is -2.19. The number of nitro groups is 1. The second kappa shape index (κ2) is 12.4. The Hall–Kier alpha value is -3.03. The van der Waals surface area contributed by atoms with Crippen molar-refractivity contribution in [1.82, 2.24) is 0 Å². The van der Waals surface area contributed by atoms with E-state index in [2.05, 4.69) is 0 Å². The van der Waals surface area contributed by atoms with Crippen LogP contribution in [0.4, 0.5) is 36.4 Å². The van der Waals surface area contributed by atoms with Gasteiger partial charge in [0.15, 0.2) is 15.6 Å². The predicted molar refractivity (Wildman–Crippen MR) is 134 cm³/mol. The van der Waals surface area contributed by atoms with Gasteiger partial charge in [0.2, 0.25) is 0 Å². The number of hydrogen-bond acceptors (Lipinski definition) is 5. The minimum absolute atomic E-state index is 0. The summed E-state index contributed by atoms with van der Waals surface area (Å²) in [4.78, 5) is 20.8. The molecule has 0 aliphatic heterocycles. The number of Topliss-reactive ketones (excluding diaryl/α,β-unsaturated/α-hetero) is 1. The number of nitro benzene ring substituents is 1. The fraction of sp³-hybridized carbons (Fsp3) is 0.480. The highest BCUT2D eigenvalue weighted by molar-refractivity contribution is 7.92. The van der Waals surface area contributed by atoms with Crippen molar-refractivity contribution < 1.29 is 48.9 Å². The van der Waals surface area contributed by atoms with E-state index in [9.17, 15) is 54.1 Å². The molecule has 2 aromatic carbocycles. The standard InChI is InChI=1S/C12H12F4O.C11H12F3NO4S.2CH4/c1-11(2,3)10(17)8-6-7(12(14,15)16)4-5-9(8)13;1-10(2,3)20(18,19)9-5-4-7(11(12,13)14)6-8(9)15(16)17;;/h4-6H,1-3H3;4-6H,1-3H3;2*1H4. The summed E-state index contributed by atoms with van der Waals surface area (Å²) < 4.78 is 111. The second-order valence-electron chi connectivity index (χ2n) is 9.82. The Morgan fingerprint density at radius 1 is 0.795 bits per heavy atom. The van der Waals surface area contributed by atoms with Crippen molar-refractivity contribution in [2.45, 2.75) is 78.4 Å². The molecular weight excluding hydrogens is 559 g/mol. The van der Waals surface area contributed by atoms with Crippen molar-refractivity contribution in [1.29, 1.82) is 0 Å². The maximum Gasteiger partial charge on any atom is 0.416 e. The van der Waals surface area contributed by atoms with Crippen molar-refractivity contribution >= 4 is 21.3 Å². The topological polar surface area (TPSA) is 94.3 Å². The van der Waals surface area contributed by atoms with Gasteiger partial charge in [-0.25, -0.2) is 12.8 Å². The molecule has 0 spiro atoms. The molecule has 0 atom stereocenters. The molecule has 39 heavy (non-hydrogen) atoms. The van der Waals surface area contributed by atoms with E-state index in [0.29, 0.717) is 30.3 Å². The fourth-order valence-electron chi connectivity index (χ4n) is 2.67. The van der Waals surface area contributed by atoms with E-state index in [0.717, 1.165) is 0 Å². The van der Waals surface area contributed by atoms with Gasteiger partial charge in [-0.05, 0) is 51.1 Å². The third-order valence-electron chi connectivity index (χ3n) is 4.80. The molecule has 0 radical (unpaired) electrons. The van der Waals surface area contributed by atoms with Crippen molar-refractivity contribution in [2.24, 2.45) is 5.41 Å². The normalized spacial score (nSPS) is 12.3. The summed E-state index contributed by atoms with van der Waals surface area (Å²) in [6.45, 7) is 8.50. The highest BCUT2D eigenvalue weighted by Crippen LogP contribution is 2.37. The highest BCUT2D eigenvalue weighted by atomic mass is 32.2. The minimum Gasteiger partial charge on any atom is -0.293 e. The Balaban J connectivity index is 0. The van der Waals surface area contributed by atoms with E-state index >= 15 is 0 Å². The summed E-state index contributed by atoms with van der Waals surface area (Å²) in [5.74, 6) is -1.58. The number of halogens is 7. The molecule has 0 aliphatic rings. The third-order valence-corrected chi connectivity index (χ3v) is 7.33. The Labute approximate surface area is 223 Å². The van der Waals surface area contributed by atoms with Crippen LogP contribution in [0.5, 0.6) is 0 Å². The zero-order valence-electron chi connectivity index (χ0n) is 20.5. The van der Waals surface area contributed by atoms with Gasteiger partial charge < -0.3 is 0 Å². The fourth-order valence-corrected chi connectivity index (χ4v) is 3.99. The third kappa shape index (κ3) is 9.29. The zero-order valence-corrected chi connectivity index (χ0v) is 21.3. The SMILES string of the molecule is C.C.CC(C)(C)C(=O)c1cc(C(F)(F)F)ccc1F.CC(C)(C)S(=O)(=O)c1ccc(C(F)(F)F)cc1[N+](=O)[O-]. The lowest BCUT2D eigenvalue weighted by atomic mass is 9.86. The average molecular weight is 592 g/mol. The number of sulfone groups is 1. The molecule has 0 saturated heterocycles. The van der Waals surface area contributed by atoms with E-state index in [-0.39, 0.29) is 20.9 Å². The first-order valence-electron chi connectivity index (χ1n) is 10.3. The molecule has 0 heterocycles. The first-order chi connectivity index (χ1) is 16.3. The summed E-state index contributed by atoms with van der Waals surface area (Å²) >= 11 is 0. The van der Waals surface area contributed by atoms with E-state index in [4.69, 9.17) is 0 Å². The number of carbonyl (C=O) groups excluding carboxylic acids is 1. The number of nitrogens with zero attached hydrogens (tertiary/aromatic N) is 1. The van der Waals surface area contributed by atoms with E-state index in [1.807, 2.05) is 0 Å². The second-order valence-corrected chi connectivity index (χ2v) is 12.5. The molecule has 0 aliphatic carbocycles. The zero-order chi connectivity index (χ0) is 29.4. The summed E-state index contributed by atoms with van der Waals surface area (Å²) in [6, 6.07) is 3.23. The van der Waals surface area contributed by atoms with Crippen molar-refractivity contribution in [3.63, 3.8) is 0 Å². The van der Waals surface area contributed by atoms with Crippen LogP contribution in [0.3, 0.4) is 0 Å². The molecule has 14 heteroatoms. The molecular formula is C25H32F7NO5S. The smallest absolute Gasteiger partial charge is 0.293 e. The number of hydrogen-bond donors (Lipinski definition) is 0. The number of benzene rings is 2. The van der Waals surface area contributed by atoms with Crippen LogP contribution in [0, 0.1) is 21.3 Å². The lowest BCUT2D eigenvalue weighted by Crippen LogP contribution is -2.28. The van der Waals surface area contributed by atoms with Crippen LogP contribution >= 0.6 is 0 Å². The highest BCUT2D eigenvalue weighted by Gasteiger charge is 2.39. The lowest BCUT2D eigenvalue weighted by molar-refractivity contribution is -0.388. The number of carbonyl (C=O) groups is 1. The molecule has 0 unspecified atom stereocenters. The molecule has 0 bridgehead atoms. The molecule has 0 saturated carbocycles. The summed E-state index contributed by atoms with van der Waals surface area (Å²) in [5, 5.41) is 10.8. The van der Waals surface area contributed by atoms with Crippen LogP contribution < -0.4 is 0 Å². The molecule has 0 N–H and O–H groups in total. The predicted octanol–water partition coefficient (Wildman–Crippen LogP) is 8.53. The van der Waals surface area contributed by atoms with Crippen LogP contribution in [-0.4, -0.2) is 23.9 Å². The average Bonchev–Trinajstić information content (AvgIpc) is 2.70. The van der Waals surface area contributed by atoms with Crippen molar-refractivity contribution in [2.75, 3.05) is 0 Å². The minimum atomic E-state index is -4.78. The number of alkyl halides is 6. The first-order valence-corrected chi connectivity index (χ1v) is 11.8. The quantitative estimate of drug-likeness (QED) is 0.154. The van der Waals surface area contributed by atoms with E-state index in [1.54, 1.807) is 0 Å². The van der Waals surface area contributed by atoms with Crippen LogP contribution in [0.25, 0.3) is 0 Å². The monoisotopic (exact) mass is 591 g/mol. The van der Waals surface area contributed by atoms with Gasteiger partial charge in [-0.15, -0.1) is 0 Å². The van der Waals surface area contributed by atoms with Crippen molar-refractivity contribution in [3.8, 4) is 0 Å². The maximum absolute atomic E-state index is 13.4. The molecule has 2 rings (SSSR count). The number of ketones is 1. The van der Waals surface area contributed by atoms with Crippen LogP contribution in [0.15, 0.2) is 41.3 Å². The Morgan fingerprint density at radius 3 is 1.56 bits per heavy atom. The molecule has 222 valence electrons. The van der Waals surface area contributed by atoms with E-state index < -0.39 is 76.1 Å². The van der Waals surface area contributed by atoms with Gasteiger partial charge in [-0.2, -0.15) is 26.3 Å². The van der Waals surface area contributed by atoms with Crippen LogP contribution in [0.1, 0.15) is 77.9 Å². The summed E-state index contributed by atoms with van der Waals surface area (Å²) in [5.41, 5.74) is -4.81. The van der Waals surface area contributed by atoms with Gasteiger partial charge in [0.25, 0.3) is 5.69 Å². The van der Waals surface area contributed by atoms with Gasteiger partial charge in [-0.3, -0.25) is 14.9 Å². The Bertz CT molecular complexity index is 1290. The maximum atomic E-state index is 13.4. The largest absolute Gasteiger partial charge is 0.416 e. The molecule has 0 fully saturated rings. The van der Waals surface area contributed by atoms with Gasteiger partial charge >= 0.3 is 12.4 Å². The first kappa shape index (κ1) is 38.1. The van der Waals surface area contributed by atoms with Crippen LogP contribution in [-0.2, 0) is 22.2 Å². The van der Waals surface area contributed by atoms with Gasteiger partial charge in [0.1, 0.15) is 10.7 Å². The van der Waals surface area contributed by atoms with Gasteiger partial charge in [0, 0.05) is 11.5 Å². The molecule has 2 aromatic rings. The van der Waals surface area contributed by atoms with Gasteiger partial charge in [-0.1, -0.05) is 35.6 Å². The molecule has 6 nitrogen and oxygen atoms in total. The number of rotatable bonds is 3. The summed E-state index contributed by atoms with van der Waals surface area (Å²) in [6.07, 6.45) is -9.37. The Morgan fingerprint density at radius 2 is 1.21 bits per heavy atom. The van der Waals surface area contributed by atoms with Gasteiger partial charge in [0.05, 0.1) is 26.4 Å². The summed E-state index contributed by atoms with van der Waals surface area (Å²) in [7, 11) is -4.12. The Kier molecular flexibility index (Phi) is 12.2. The van der Waals surface area contributed by atoms with Crippen molar-refractivity contribution in [3.05, 3.63) is 69.0 Å². The molecule has 0 amide bonds. The van der Waals surface area contributed by atoms with E-state index in [1.165, 1.54) is 41.5 Å². The molecule has 0 aromatic heterocycles.